The molecule has 1 aliphatic rings. The third kappa shape index (κ3) is 3.74. The van der Waals surface area contributed by atoms with Crippen molar-refractivity contribution in [2.24, 2.45) is 5.92 Å². The van der Waals surface area contributed by atoms with Crippen LogP contribution in [0.5, 0.6) is 0 Å². The number of anilines is 1. The molecule has 1 aliphatic heterocycles. The molecule has 0 saturated carbocycles. The fourth-order valence-electron chi connectivity index (χ4n) is 2.90. The zero-order valence-electron chi connectivity index (χ0n) is 11.6. The molecule has 0 aliphatic carbocycles. The Bertz CT molecular complexity index is 362. The van der Waals surface area contributed by atoms with E-state index in [9.17, 15) is 0 Å². The Hall–Kier alpha value is -1.02. The summed E-state index contributed by atoms with van der Waals surface area (Å²) in [6.45, 7) is 6.02. The van der Waals surface area contributed by atoms with Gasteiger partial charge < -0.3 is 10.6 Å². The zero-order valence-corrected chi connectivity index (χ0v) is 11.6. The largest absolute Gasteiger partial charge is 0.399 e. The van der Waals surface area contributed by atoms with Crippen LogP contribution in [0.3, 0.4) is 0 Å². The van der Waals surface area contributed by atoms with Gasteiger partial charge in [-0.2, -0.15) is 0 Å². The van der Waals surface area contributed by atoms with Crippen LogP contribution in [-0.2, 0) is 6.42 Å². The molecule has 18 heavy (non-hydrogen) atoms. The SMILES string of the molecule is CCC1CCCN(CCc2ccccc2N)CC1. The topological polar surface area (TPSA) is 29.3 Å². The van der Waals surface area contributed by atoms with Crippen molar-refractivity contribution in [3.63, 3.8) is 0 Å². The average molecular weight is 246 g/mol. The van der Waals surface area contributed by atoms with Gasteiger partial charge in [0.05, 0.1) is 0 Å². The van der Waals surface area contributed by atoms with Gasteiger partial charge >= 0.3 is 0 Å². The van der Waals surface area contributed by atoms with E-state index in [1.54, 1.807) is 0 Å². The highest BCUT2D eigenvalue weighted by molar-refractivity contribution is 5.46. The highest BCUT2D eigenvalue weighted by atomic mass is 15.1. The van der Waals surface area contributed by atoms with Crippen molar-refractivity contribution in [3.8, 4) is 0 Å². The van der Waals surface area contributed by atoms with E-state index in [1.807, 2.05) is 12.1 Å². The minimum Gasteiger partial charge on any atom is -0.399 e. The lowest BCUT2D eigenvalue weighted by Gasteiger charge is -2.20. The first-order chi connectivity index (χ1) is 8.79. The zero-order chi connectivity index (χ0) is 12.8. The minimum absolute atomic E-state index is 0.943. The van der Waals surface area contributed by atoms with E-state index in [0.717, 1.165) is 24.6 Å². The molecule has 2 N–H and O–H groups in total. The number of hydrogen-bond donors (Lipinski definition) is 1. The van der Waals surface area contributed by atoms with Gasteiger partial charge in [0, 0.05) is 12.2 Å². The fraction of sp³-hybridized carbons (Fsp3) is 0.625. The molecule has 0 aromatic heterocycles. The van der Waals surface area contributed by atoms with Crippen molar-refractivity contribution in [2.45, 2.75) is 39.0 Å². The van der Waals surface area contributed by atoms with Gasteiger partial charge in [-0.25, -0.2) is 0 Å². The molecular formula is C16H26N2. The van der Waals surface area contributed by atoms with Crippen molar-refractivity contribution in [1.29, 1.82) is 0 Å². The van der Waals surface area contributed by atoms with Crippen LogP contribution in [0.2, 0.25) is 0 Å². The summed E-state index contributed by atoms with van der Waals surface area (Å²) in [5, 5.41) is 0. The lowest BCUT2D eigenvalue weighted by molar-refractivity contribution is 0.283. The van der Waals surface area contributed by atoms with Gasteiger partial charge in [-0.1, -0.05) is 31.5 Å². The molecule has 1 unspecified atom stereocenters. The molecule has 1 atom stereocenters. The molecule has 1 aromatic rings. The van der Waals surface area contributed by atoms with Crippen molar-refractivity contribution in [1.82, 2.24) is 4.90 Å². The molecule has 2 heteroatoms. The Labute approximate surface area is 111 Å². The Kier molecular flexibility index (Phi) is 5.06. The number of benzene rings is 1. The van der Waals surface area contributed by atoms with Crippen LogP contribution in [-0.4, -0.2) is 24.5 Å². The highest BCUT2D eigenvalue weighted by Crippen LogP contribution is 2.20. The predicted octanol–water partition coefficient (Wildman–Crippen LogP) is 3.32. The number of likely N-dealkylation sites (tertiary alicyclic amines) is 1. The first-order valence-electron chi connectivity index (χ1n) is 7.35. The quantitative estimate of drug-likeness (QED) is 0.826. The van der Waals surface area contributed by atoms with Crippen molar-refractivity contribution >= 4 is 5.69 Å². The summed E-state index contributed by atoms with van der Waals surface area (Å²) in [4.78, 5) is 2.61. The minimum atomic E-state index is 0.943. The van der Waals surface area contributed by atoms with Crippen LogP contribution in [0.25, 0.3) is 0 Å². The van der Waals surface area contributed by atoms with Crippen LogP contribution in [0, 0.1) is 5.92 Å². The molecule has 1 heterocycles. The van der Waals surface area contributed by atoms with Gasteiger partial charge in [-0.05, 0) is 56.3 Å². The van der Waals surface area contributed by atoms with E-state index in [2.05, 4.69) is 24.0 Å². The number of nitrogens with two attached hydrogens (primary N) is 1. The summed E-state index contributed by atoms with van der Waals surface area (Å²) in [6.07, 6.45) is 6.59. The molecule has 100 valence electrons. The van der Waals surface area contributed by atoms with E-state index in [-0.39, 0.29) is 0 Å². The normalized spacial score (nSPS) is 21.7. The molecule has 1 saturated heterocycles. The summed E-state index contributed by atoms with van der Waals surface area (Å²) >= 11 is 0. The summed E-state index contributed by atoms with van der Waals surface area (Å²) in [7, 11) is 0. The maximum atomic E-state index is 5.99. The second-order valence-electron chi connectivity index (χ2n) is 5.50. The lowest BCUT2D eigenvalue weighted by Crippen LogP contribution is -2.27. The maximum Gasteiger partial charge on any atom is 0.0347 e. The van der Waals surface area contributed by atoms with Gasteiger partial charge in [0.2, 0.25) is 0 Å². The number of hydrogen-bond acceptors (Lipinski definition) is 2. The first kappa shape index (κ1) is 13.4. The Morgan fingerprint density at radius 2 is 2.06 bits per heavy atom. The fourth-order valence-corrected chi connectivity index (χ4v) is 2.90. The van der Waals surface area contributed by atoms with Crippen LogP contribution in [0.15, 0.2) is 24.3 Å². The van der Waals surface area contributed by atoms with Crippen molar-refractivity contribution in [3.05, 3.63) is 29.8 Å². The van der Waals surface area contributed by atoms with Crippen LogP contribution >= 0.6 is 0 Å². The summed E-state index contributed by atoms with van der Waals surface area (Å²) in [6, 6.07) is 8.25. The maximum absolute atomic E-state index is 5.99. The smallest absolute Gasteiger partial charge is 0.0347 e. The summed E-state index contributed by atoms with van der Waals surface area (Å²) < 4.78 is 0. The second-order valence-corrected chi connectivity index (χ2v) is 5.50. The molecule has 0 bridgehead atoms. The summed E-state index contributed by atoms with van der Waals surface area (Å²) in [5.74, 6) is 0.955. The first-order valence-corrected chi connectivity index (χ1v) is 7.35. The third-order valence-corrected chi connectivity index (χ3v) is 4.27. The molecule has 2 nitrogen and oxygen atoms in total. The second kappa shape index (κ2) is 6.79. The van der Waals surface area contributed by atoms with Gasteiger partial charge in [0.25, 0.3) is 0 Å². The van der Waals surface area contributed by atoms with Gasteiger partial charge in [0.1, 0.15) is 0 Å². The van der Waals surface area contributed by atoms with E-state index < -0.39 is 0 Å². The molecule has 1 aromatic carbocycles. The van der Waals surface area contributed by atoms with Crippen LogP contribution in [0.4, 0.5) is 5.69 Å². The van der Waals surface area contributed by atoms with Gasteiger partial charge in [0.15, 0.2) is 0 Å². The molecule has 0 amide bonds. The Balaban J connectivity index is 1.82. The van der Waals surface area contributed by atoms with E-state index in [4.69, 9.17) is 5.73 Å². The number of nitrogen functional groups attached to an aromatic ring is 1. The van der Waals surface area contributed by atoms with E-state index >= 15 is 0 Å². The molecule has 0 radical (unpaired) electrons. The van der Waals surface area contributed by atoms with E-state index in [1.165, 1.54) is 44.3 Å². The molecule has 0 spiro atoms. The van der Waals surface area contributed by atoms with Crippen molar-refractivity contribution in [2.75, 3.05) is 25.4 Å². The van der Waals surface area contributed by atoms with E-state index in [0.29, 0.717) is 0 Å². The predicted molar refractivity (Wildman–Crippen MR) is 78.6 cm³/mol. The van der Waals surface area contributed by atoms with Crippen LogP contribution < -0.4 is 5.73 Å². The highest BCUT2D eigenvalue weighted by Gasteiger charge is 2.15. The average Bonchev–Trinajstić information content (AvgIpc) is 2.63. The Morgan fingerprint density at radius 3 is 2.83 bits per heavy atom. The van der Waals surface area contributed by atoms with Crippen LogP contribution in [0.1, 0.15) is 38.2 Å². The van der Waals surface area contributed by atoms with Crippen molar-refractivity contribution < 1.29 is 0 Å². The Morgan fingerprint density at radius 1 is 1.22 bits per heavy atom. The molecule has 1 fully saturated rings. The standard InChI is InChI=1S/C16H26N2/c1-2-14-6-5-11-18(12-9-14)13-10-15-7-3-4-8-16(15)17/h3-4,7-8,14H,2,5-6,9-13,17H2,1H3. The summed E-state index contributed by atoms with van der Waals surface area (Å²) in [5.41, 5.74) is 8.24. The van der Waals surface area contributed by atoms with Gasteiger partial charge in [-0.3, -0.25) is 0 Å². The third-order valence-electron chi connectivity index (χ3n) is 4.27. The number of nitrogens with zero attached hydrogens (tertiary/aromatic N) is 1. The molecule has 2 rings (SSSR count). The number of rotatable bonds is 4. The number of para-hydroxylation sites is 1. The van der Waals surface area contributed by atoms with Gasteiger partial charge in [-0.15, -0.1) is 0 Å². The lowest BCUT2D eigenvalue weighted by atomic mass is 9.98. The monoisotopic (exact) mass is 246 g/mol. The molecular weight excluding hydrogens is 220 g/mol.